The van der Waals surface area contributed by atoms with Crippen LogP contribution in [0.3, 0.4) is 0 Å². The number of aromatic nitrogens is 1. The van der Waals surface area contributed by atoms with Gasteiger partial charge in [0.05, 0.1) is 24.5 Å². The molecule has 2 heterocycles. The van der Waals surface area contributed by atoms with Crippen LogP contribution in [-0.4, -0.2) is 53.1 Å². The van der Waals surface area contributed by atoms with Crippen molar-refractivity contribution < 1.29 is 19.7 Å². The Hall–Kier alpha value is -1.18. The molecule has 6 nitrogen and oxygen atoms in total. The van der Waals surface area contributed by atoms with Crippen molar-refractivity contribution in [3.05, 3.63) is 10.6 Å². The number of ether oxygens (including phenoxy) is 1. The van der Waals surface area contributed by atoms with E-state index in [9.17, 15) is 15.0 Å². The van der Waals surface area contributed by atoms with Gasteiger partial charge in [0, 0.05) is 18.0 Å². The van der Waals surface area contributed by atoms with Gasteiger partial charge in [0.25, 0.3) is 0 Å². The first-order chi connectivity index (χ1) is 10.1. The molecule has 116 valence electrons. The number of hydrogen-bond donors (Lipinski definition) is 2. The van der Waals surface area contributed by atoms with Crippen LogP contribution in [0, 0.1) is 0 Å². The van der Waals surface area contributed by atoms with Crippen molar-refractivity contribution in [2.24, 2.45) is 0 Å². The quantitative estimate of drug-likeness (QED) is 0.873. The molecule has 0 bridgehead atoms. The SMILES string of the molecule is CC1CN(c2nc3c(s2)CCCC3C(=O)O)CC(CO)O1. The number of thiazole rings is 1. The first-order valence-corrected chi connectivity index (χ1v) is 8.13. The number of aliphatic hydroxyl groups excluding tert-OH is 1. The Morgan fingerprint density at radius 2 is 2.33 bits per heavy atom. The second-order valence-corrected chi connectivity index (χ2v) is 6.81. The van der Waals surface area contributed by atoms with Crippen LogP contribution in [0.2, 0.25) is 0 Å². The van der Waals surface area contributed by atoms with E-state index in [-0.39, 0.29) is 18.8 Å². The lowest BCUT2D eigenvalue weighted by molar-refractivity contribution is -0.139. The van der Waals surface area contributed by atoms with Gasteiger partial charge < -0.3 is 19.8 Å². The molecule has 2 aliphatic rings. The summed E-state index contributed by atoms with van der Waals surface area (Å²) < 4.78 is 5.64. The number of nitrogens with zero attached hydrogens (tertiary/aromatic N) is 2. The number of aliphatic carboxylic acids is 1. The van der Waals surface area contributed by atoms with Crippen LogP contribution in [0.5, 0.6) is 0 Å². The second kappa shape index (κ2) is 5.90. The van der Waals surface area contributed by atoms with Gasteiger partial charge in [-0.05, 0) is 26.2 Å². The molecule has 2 N–H and O–H groups in total. The summed E-state index contributed by atoms with van der Waals surface area (Å²) in [4.78, 5) is 19.2. The van der Waals surface area contributed by atoms with E-state index in [1.165, 1.54) is 0 Å². The molecule has 0 radical (unpaired) electrons. The summed E-state index contributed by atoms with van der Waals surface area (Å²) in [6, 6.07) is 0. The van der Waals surface area contributed by atoms with Crippen molar-refractivity contribution in [3.8, 4) is 0 Å². The Balaban J connectivity index is 1.85. The zero-order valence-corrected chi connectivity index (χ0v) is 12.8. The number of fused-ring (bicyclic) bond motifs is 1. The number of rotatable bonds is 3. The first kappa shape index (κ1) is 14.7. The predicted octanol–water partition coefficient (Wildman–Crippen LogP) is 1.23. The normalized spacial score (nSPS) is 29.2. The van der Waals surface area contributed by atoms with E-state index in [1.807, 2.05) is 6.92 Å². The third kappa shape index (κ3) is 2.90. The molecule has 1 fully saturated rings. The number of anilines is 1. The molecule has 0 amide bonds. The van der Waals surface area contributed by atoms with Gasteiger partial charge in [-0.25, -0.2) is 4.98 Å². The highest BCUT2D eigenvalue weighted by atomic mass is 32.1. The number of hydrogen-bond acceptors (Lipinski definition) is 6. The smallest absolute Gasteiger partial charge is 0.312 e. The monoisotopic (exact) mass is 312 g/mol. The minimum Gasteiger partial charge on any atom is -0.481 e. The molecule has 1 aliphatic carbocycles. The van der Waals surface area contributed by atoms with E-state index < -0.39 is 11.9 Å². The average Bonchev–Trinajstić information content (AvgIpc) is 2.90. The Morgan fingerprint density at radius 3 is 3.05 bits per heavy atom. The van der Waals surface area contributed by atoms with Crippen LogP contribution >= 0.6 is 11.3 Å². The minimum atomic E-state index is -0.781. The Bertz CT molecular complexity index is 533. The highest BCUT2D eigenvalue weighted by Crippen LogP contribution is 2.38. The lowest BCUT2D eigenvalue weighted by Gasteiger charge is -2.35. The summed E-state index contributed by atoms with van der Waals surface area (Å²) in [5.41, 5.74) is 0.744. The summed E-state index contributed by atoms with van der Waals surface area (Å²) in [5.74, 6) is -1.25. The summed E-state index contributed by atoms with van der Waals surface area (Å²) >= 11 is 1.59. The summed E-state index contributed by atoms with van der Waals surface area (Å²) in [7, 11) is 0. The number of carbonyl (C=O) groups is 1. The zero-order chi connectivity index (χ0) is 15.0. The molecular weight excluding hydrogens is 292 g/mol. The number of morpholine rings is 1. The van der Waals surface area contributed by atoms with E-state index in [0.29, 0.717) is 13.0 Å². The van der Waals surface area contributed by atoms with Crippen molar-refractivity contribution >= 4 is 22.4 Å². The van der Waals surface area contributed by atoms with Gasteiger partial charge in [0.1, 0.15) is 5.92 Å². The molecule has 0 aromatic carbocycles. The van der Waals surface area contributed by atoms with Gasteiger partial charge in [0.2, 0.25) is 0 Å². The molecule has 3 atom stereocenters. The topological polar surface area (TPSA) is 82.9 Å². The van der Waals surface area contributed by atoms with E-state index in [1.54, 1.807) is 11.3 Å². The summed E-state index contributed by atoms with van der Waals surface area (Å²) in [5, 5.41) is 19.5. The standard InChI is InChI=1S/C14H20N2O4S/c1-8-5-16(6-9(7-17)20-8)14-15-12-10(13(18)19)3-2-4-11(12)21-14/h8-10,17H,2-7H2,1H3,(H,18,19). The maximum Gasteiger partial charge on any atom is 0.312 e. The third-order valence-electron chi connectivity index (χ3n) is 4.04. The number of aryl methyl sites for hydroxylation is 1. The molecule has 21 heavy (non-hydrogen) atoms. The molecule has 1 aromatic heterocycles. The third-order valence-corrected chi connectivity index (χ3v) is 5.23. The Morgan fingerprint density at radius 1 is 1.52 bits per heavy atom. The minimum absolute atomic E-state index is 0.0102. The fraction of sp³-hybridized carbons (Fsp3) is 0.714. The molecule has 1 aromatic rings. The van der Waals surface area contributed by atoms with Crippen molar-refractivity contribution in [1.82, 2.24) is 4.98 Å². The molecule has 0 spiro atoms. The average molecular weight is 312 g/mol. The highest BCUT2D eigenvalue weighted by molar-refractivity contribution is 7.15. The van der Waals surface area contributed by atoms with Gasteiger partial charge in [-0.3, -0.25) is 4.79 Å². The number of carboxylic acids is 1. The van der Waals surface area contributed by atoms with Gasteiger partial charge in [-0.15, -0.1) is 11.3 Å². The van der Waals surface area contributed by atoms with Gasteiger partial charge in [-0.2, -0.15) is 0 Å². The van der Waals surface area contributed by atoms with E-state index >= 15 is 0 Å². The molecule has 1 aliphatic heterocycles. The van der Waals surface area contributed by atoms with Crippen molar-refractivity contribution in [2.45, 2.75) is 44.3 Å². The van der Waals surface area contributed by atoms with Gasteiger partial charge in [0.15, 0.2) is 5.13 Å². The summed E-state index contributed by atoms with van der Waals surface area (Å²) in [6.45, 7) is 3.29. The lowest BCUT2D eigenvalue weighted by Crippen LogP contribution is -2.48. The molecule has 0 saturated carbocycles. The Labute approximate surface area is 127 Å². The van der Waals surface area contributed by atoms with Crippen LogP contribution in [0.4, 0.5) is 5.13 Å². The fourth-order valence-electron chi connectivity index (χ4n) is 3.08. The van der Waals surface area contributed by atoms with Gasteiger partial charge in [-0.1, -0.05) is 0 Å². The van der Waals surface area contributed by atoms with Crippen LogP contribution in [0.1, 0.15) is 36.3 Å². The van der Waals surface area contributed by atoms with Crippen LogP contribution in [-0.2, 0) is 16.0 Å². The maximum atomic E-state index is 11.4. The molecule has 1 saturated heterocycles. The molecular formula is C14H20N2O4S. The van der Waals surface area contributed by atoms with E-state index in [0.717, 1.165) is 35.1 Å². The van der Waals surface area contributed by atoms with Gasteiger partial charge >= 0.3 is 5.97 Å². The summed E-state index contributed by atoms with van der Waals surface area (Å²) in [6.07, 6.45) is 2.33. The largest absolute Gasteiger partial charge is 0.481 e. The predicted molar refractivity (Wildman–Crippen MR) is 79.1 cm³/mol. The van der Waals surface area contributed by atoms with Crippen molar-refractivity contribution in [3.63, 3.8) is 0 Å². The lowest BCUT2D eigenvalue weighted by atomic mass is 9.91. The van der Waals surface area contributed by atoms with Crippen LogP contribution in [0.25, 0.3) is 0 Å². The van der Waals surface area contributed by atoms with E-state index in [4.69, 9.17) is 4.74 Å². The first-order valence-electron chi connectivity index (χ1n) is 7.32. The van der Waals surface area contributed by atoms with Crippen molar-refractivity contribution in [1.29, 1.82) is 0 Å². The zero-order valence-electron chi connectivity index (χ0n) is 12.0. The Kier molecular flexibility index (Phi) is 4.14. The fourth-order valence-corrected chi connectivity index (χ4v) is 4.26. The number of aliphatic hydroxyl groups is 1. The van der Waals surface area contributed by atoms with Crippen LogP contribution in [0.15, 0.2) is 0 Å². The highest BCUT2D eigenvalue weighted by Gasteiger charge is 2.33. The second-order valence-electron chi connectivity index (χ2n) is 5.74. The van der Waals surface area contributed by atoms with Crippen molar-refractivity contribution in [2.75, 3.05) is 24.6 Å². The van der Waals surface area contributed by atoms with E-state index in [2.05, 4.69) is 9.88 Å². The molecule has 7 heteroatoms. The van der Waals surface area contributed by atoms with Crippen LogP contribution < -0.4 is 4.90 Å². The maximum absolute atomic E-state index is 11.4. The molecule has 3 unspecified atom stereocenters. The molecule has 3 rings (SSSR count). The number of carboxylic acid groups (broad SMARTS) is 1.